The molecule has 0 fully saturated rings. The second-order valence-corrected chi connectivity index (χ2v) is 7.30. The molecule has 134 valence electrons. The van der Waals surface area contributed by atoms with Crippen molar-refractivity contribution in [2.24, 2.45) is 0 Å². The fraction of sp³-hybridized carbons (Fsp3) is 0.250. The van der Waals surface area contributed by atoms with Crippen molar-refractivity contribution >= 4 is 23.4 Å². The number of carbonyl (C=O) groups is 1. The summed E-state index contributed by atoms with van der Waals surface area (Å²) in [6.45, 7) is 7.96. The standard InChI is InChI=1S/C20H22N4OS/c1-13-6-9-17(10-7-13)24-16(4)22-23-20(24)26-12-19(25)21-18-11-14(2)5-8-15(18)3/h5-11H,12H2,1-4H3,(H,21,25). The first kappa shape index (κ1) is 18.2. The van der Waals surface area contributed by atoms with Gasteiger partial charge in [-0.25, -0.2) is 0 Å². The number of thioether (sulfide) groups is 1. The van der Waals surface area contributed by atoms with Crippen LogP contribution in [0.25, 0.3) is 5.69 Å². The molecule has 26 heavy (non-hydrogen) atoms. The van der Waals surface area contributed by atoms with E-state index in [0.29, 0.717) is 5.16 Å². The summed E-state index contributed by atoms with van der Waals surface area (Å²) in [5, 5.41) is 12.1. The molecule has 1 amide bonds. The van der Waals surface area contributed by atoms with Crippen molar-refractivity contribution in [2.75, 3.05) is 11.1 Å². The number of carbonyl (C=O) groups excluding carboxylic acids is 1. The second-order valence-electron chi connectivity index (χ2n) is 6.36. The number of nitrogens with one attached hydrogen (secondary N) is 1. The zero-order valence-corrected chi connectivity index (χ0v) is 16.2. The van der Waals surface area contributed by atoms with Crippen molar-refractivity contribution < 1.29 is 4.79 Å². The normalized spacial score (nSPS) is 10.8. The SMILES string of the molecule is Cc1ccc(-n2c(C)nnc2SCC(=O)Nc2cc(C)ccc2C)cc1. The average molecular weight is 366 g/mol. The topological polar surface area (TPSA) is 59.8 Å². The lowest BCUT2D eigenvalue weighted by Gasteiger charge is -2.10. The minimum absolute atomic E-state index is 0.0557. The number of aromatic nitrogens is 3. The van der Waals surface area contributed by atoms with Gasteiger partial charge in [0.25, 0.3) is 0 Å². The van der Waals surface area contributed by atoms with Gasteiger partial charge in [-0.15, -0.1) is 10.2 Å². The zero-order valence-electron chi connectivity index (χ0n) is 15.4. The van der Waals surface area contributed by atoms with Crippen LogP contribution in [0.3, 0.4) is 0 Å². The number of benzene rings is 2. The van der Waals surface area contributed by atoms with Gasteiger partial charge in [0.15, 0.2) is 5.16 Å². The molecular formula is C20H22N4OS. The fourth-order valence-corrected chi connectivity index (χ4v) is 3.41. The van der Waals surface area contributed by atoms with Crippen molar-refractivity contribution in [3.63, 3.8) is 0 Å². The molecule has 0 spiro atoms. The van der Waals surface area contributed by atoms with Gasteiger partial charge >= 0.3 is 0 Å². The lowest BCUT2D eigenvalue weighted by atomic mass is 10.1. The van der Waals surface area contributed by atoms with Crippen molar-refractivity contribution in [1.29, 1.82) is 0 Å². The summed E-state index contributed by atoms with van der Waals surface area (Å²) in [7, 11) is 0. The summed E-state index contributed by atoms with van der Waals surface area (Å²) in [6.07, 6.45) is 0. The highest BCUT2D eigenvalue weighted by Gasteiger charge is 2.14. The van der Waals surface area contributed by atoms with Crippen LogP contribution in [-0.4, -0.2) is 26.4 Å². The first-order chi connectivity index (χ1) is 12.4. The molecule has 0 unspecified atom stereocenters. The summed E-state index contributed by atoms with van der Waals surface area (Å²) in [5.41, 5.74) is 5.21. The number of anilines is 1. The van der Waals surface area contributed by atoms with Crippen LogP contribution in [-0.2, 0) is 4.79 Å². The number of hydrogen-bond donors (Lipinski definition) is 1. The van der Waals surface area contributed by atoms with E-state index in [1.165, 1.54) is 17.3 Å². The Kier molecular flexibility index (Phi) is 5.42. The highest BCUT2D eigenvalue weighted by Crippen LogP contribution is 2.23. The molecule has 0 bridgehead atoms. The van der Waals surface area contributed by atoms with E-state index in [1.54, 1.807) is 0 Å². The maximum atomic E-state index is 12.4. The molecule has 1 heterocycles. The van der Waals surface area contributed by atoms with Gasteiger partial charge in [0.05, 0.1) is 5.75 Å². The summed E-state index contributed by atoms with van der Waals surface area (Å²) < 4.78 is 1.97. The lowest BCUT2D eigenvalue weighted by molar-refractivity contribution is -0.113. The molecule has 3 rings (SSSR count). The molecular weight excluding hydrogens is 344 g/mol. The third-order valence-corrected chi connectivity index (χ3v) is 5.02. The highest BCUT2D eigenvalue weighted by molar-refractivity contribution is 7.99. The van der Waals surface area contributed by atoms with Crippen LogP contribution in [0, 0.1) is 27.7 Å². The highest BCUT2D eigenvalue weighted by atomic mass is 32.2. The number of hydrogen-bond acceptors (Lipinski definition) is 4. The number of aryl methyl sites for hydroxylation is 4. The van der Waals surface area contributed by atoms with Crippen molar-refractivity contribution in [1.82, 2.24) is 14.8 Å². The molecule has 0 saturated carbocycles. The summed E-state index contributed by atoms with van der Waals surface area (Å²) in [5.74, 6) is 1.02. The number of rotatable bonds is 5. The second kappa shape index (κ2) is 7.74. The summed E-state index contributed by atoms with van der Waals surface area (Å²) in [6, 6.07) is 14.2. The molecule has 0 radical (unpaired) electrons. The molecule has 5 nitrogen and oxygen atoms in total. The zero-order chi connectivity index (χ0) is 18.7. The Morgan fingerprint density at radius 2 is 1.69 bits per heavy atom. The molecule has 6 heteroatoms. The maximum absolute atomic E-state index is 12.4. The molecule has 1 aromatic heterocycles. The molecule has 0 aliphatic carbocycles. The van der Waals surface area contributed by atoms with Gasteiger partial charge in [-0.05, 0) is 57.0 Å². The monoisotopic (exact) mass is 366 g/mol. The molecule has 0 aliphatic rings. The maximum Gasteiger partial charge on any atom is 0.234 e. The van der Waals surface area contributed by atoms with E-state index in [4.69, 9.17) is 0 Å². The Hall–Kier alpha value is -2.60. The van der Waals surface area contributed by atoms with Crippen LogP contribution >= 0.6 is 11.8 Å². The van der Waals surface area contributed by atoms with Gasteiger partial charge in [-0.3, -0.25) is 9.36 Å². The Balaban J connectivity index is 1.71. The molecule has 0 atom stereocenters. The average Bonchev–Trinajstić information content (AvgIpc) is 2.98. The van der Waals surface area contributed by atoms with Crippen molar-refractivity contribution in [3.8, 4) is 5.69 Å². The van der Waals surface area contributed by atoms with Crippen molar-refractivity contribution in [3.05, 3.63) is 65.0 Å². The number of nitrogens with zero attached hydrogens (tertiary/aromatic N) is 3. The summed E-state index contributed by atoms with van der Waals surface area (Å²) >= 11 is 1.38. The van der Waals surface area contributed by atoms with Crippen molar-refractivity contribution in [2.45, 2.75) is 32.9 Å². The Bertz CT molecular complexity index is 931. The Morgan fingerprint density at radius 3 is 2.42 bits per heavy atom. The minimum atomic E-state index is -0.0557. The summed E-state index contributed by atoms with van der Waals surface area (Å²) in [4.78, 5) is 12.4. The minimum Gasteiger partial charge on any atom is -0.325 e. The van der Waals surface area contributed by atoms with Crippen LogP contribution in [0.2, 0.25) is 0 Å². The first-order valence-electron chi connectivity index (χ1n) is 8.43. The van der Waals surface area contributed by atoms with E-state index < -0.39 is 0 Å². The third-order valence-electron chi connectivity index (χ3n) is 4.09. The van der Waals surface area contributed by atoms with E-state index >= 15 is 0 Å². The van der Waals surface area contributed by atoms with Gasteiger partial charge < -0.3 is 5.32 Å². The van der Waals surface area contributed by atoms with E-state index in [2.05, 4.69) is 34.6 Å². The molecule has 0 saturated heterocycles. The molecule has 2 aromatic carbocycles. The lowest BCUT2D eigenvalue weighted by Crippen LogP contribution is -2.15. The smallest absolute Gasteiger partial charge is 0.234 e. The first-order valence-corrected chi connectivity index (χ1v) is 9.41. The Labute approximate surface area is 157 Å². The van der Waals surface area contributed by atoms with Gasteiger partial charge in [0.2, 0.25) is 5.91 Å². The predicted octanol–water partition coefficient (Wildman–Crippen LogP) is 4.23. The molecule has 1 N–H and O–H groups in total. The van der Waals surface area contributed by atoms with Crippen LogP contribution in [0.4, 0.5) is 5.69 Å². The fourth-order valence-electron chi connectivity index (χ4n) is 2.61. The van der Waals surface area contributed by atoms with Crippen LogP contribution in [0.15, 0.2) is 47.6 Å². The van der Waals surface area contributed by atoms with Gasteiger partial charge in [0.1, 0.15) is 5.82 Å². The predicted molar refractivity (Wildman–Crippen MR) is 106 cm³/mol. The van der Waals surface area contributed by atoms with E-state index in [1.807, 2.05) is 55.7 Å². The van der Waals surface area contributed by atoms with E-state index in [-0.39, 0.29) is 11.7 Å². The molecule has 3 aromatic rings. The largest absolute Gasteiger partial charge is 0.325 e. The Morgan fingerprint density at radius 1 is 1.00 bits per heavy atom. The van der Waals surface area contributed by atoms with Gasteiger partial charge in [0, 0.05) is 11.4 Å². The molecule has 0 aliphatic heterocycles. The third kappa shape index (κ3) is 4.14. The van der Waals surface area contributed by atoms with Crippen LogP contribution in [0.5, 0.6) is 0 Å². The quantitative estimate of drug-likeness (QED) is 0.687. The van der Waals surface area contributed by atoms with E-state index in [0.717, 1.165) is 28.3 Å². The van der Waals surface area contributed by atoms with Crippen LogP contribution < -0.4 is 5.32 Å². The van der Waals surface area contributed by atoms with Crippen LogP contribution in [0.1, 0.15) is 22.5 Å². The van der Waals surface area contributed by atoms with Gasteiger partial charge in [-0.1, -0.05) is 41.6 Å². The number of amides is 1. The van der Waals surface area contributed by atoms with E-state index in [9.17, 15) is 4.79 Å². The van der Waals surface area contributed by atoms with Gasteiger partial charge in [-0.2, -0.15) is 0 Å².